The number of aromatic nitrogens is 3. The minimum Gasteiger partial charge on any atom is -0.299 e. The van der Waals surface area contributed by atoms with Gasteiger partial charge in [0.1, 0.15) is 5.82 Å². The van der Waals surface area contributed by atoms with Crippen molar-refractivity contribution in [1.29, 1.82) is 0 Å². The number of H-pyrrole nitrogens is 1. The second kappa shape index (κ2) is 6.94. The van der Waals surface area contributed by atoms with E-state index in [1.54, 1.807) is 11.8 Å². The van der Waals surface area contributed by atoms with E-state index in [0.717, 1.165) is 18.1 Å². The second-order valence-corrected chi connectivity index (χ2v) is 6.47. The highest BCUT2D eigenvalue weighted by molar-refractivity contribution is 7.98. The van der Waals surface area contributed by atoms with Gasteiger partial charge < -0.3 is 0 Å². The average Bonchev–Trinajstić information content (AvgIpc) is 2.88. The van der Waals surface area contributed by atoms with Crippen molar-refractivity contribution >= 4 is 24.0 Å². The molecule has 1 N–H and O–H groups in total. The predicted molar refractivity (Wildman–Crippen MR) is 93.7 cm³/mol. The molecule has 0 aliphatic carbocycles. The third kappa shape index (κ3) is 3.48. The van der Waals surface area contributed by atoms with Gasteiger partial charge in [0.05, 0.1) is 12.3 Å². The Balaban J connectivity index is 1.78. The number of aromatic amines is 1. The molecule has 3 rings (SSSR count). The van der Waals surface area contributed by atoms with Crippen molar-refractivity contribution in [3.63, 3.8) is 0 Å². The zero-order valence-corrected chi connectivity index (χ0v) is 14.0. The van der Waals surface area contributed by atoms with Crippen LogP contribution < -0.4 is 0 Å². The summed E-state index contributed by atoms with van der Waals surface area (Å²) in [6.45, 7) is 2.88. The maximum atomic E-state index is 5.36. The second-order valence-electron chi connectivity index (χ2n) is 5.07. The fourth-order valence-electron chi connectivity index (χ4n) is 2.25. The molecule has 0 atom stereocenters. The molecule has 0 amide bonds. The van der Waals surface area contributed by atoms with Crippen molar-refractivity contribution in [2.75, 3.05) is 0 Å². The maximum Gasteiger partial charge on any atom is 0.195 e. The van der Waals surface area contributed by atoms with Crippen LogP contribution in [0.2, 0.25) is 0 Å². The van der Waals surface area contributed by atoms with Gasteiger partial charge >= 0.3 is 0 Å². The van der Waals surface area contributed by atoms with E-state index in [-0.39, 0.29) is 0 Å². The minimum atomic E-state index is 0.671. The Morgan fingerprint density at radius 2 is 1.82 bits per heavy atom. The van der Waals surface area contributed by atoms with E-state index in [1.165, 1.54) is 16.0 Å². The monoisotopic (exact) mass is 327 g/mol. The van der Waals surface area contributed by atoms with Gasteiger partial charge in [-0.05, 0) is 36.3 Å². The third-order valence-electron chi connectivity index (χ3n) is 3.47. The van der Waals surface area contributed by atoms with Crippen LogP contribution in [-0.2, 0) is 12.3 Å². The number of rotatable bonds is 5. The van der Waals surface area contributed by atoms with E-state index in [9.17, 15) is 0 Å². The highest BCUT2D eigenvalue weighted by Crippen LogP contribution is 2.25. The van der Waals surface area contributed by atoms with Crippen molar-refractivity contribution in [3.05, 3.63) is 76.3 Å². The van der Waals surface area contributed by atoms with Gasteiger partial charge in [-0.1, -0.05) is 48.5 Å². The van der Waals surface area contributed by atoms with Crippen LogP contribution in [0.5, 0.6) is 0 Å². The molecule has 0 radical (unpaired) electrons. The topological polar surface area (TPSA) is 33.6 Å². The molecule has 5 heteroatoms. The van der Waals surface area contributed by atoms with Gasteiger partial charge in [0.25, 0.3) is 0 Å². The zero-order valence-electron chi connectivity index (χ0n) is 12.3. The fourth-order valence-corrected chi connectivity index (χ4v) is 3.44. The van der Waals surface area contributed by atoms with Crippen LogP contribution in [0, 0.1) is 11.7 Å². The number of aryl methyl sites for hydroxylation is 1. The highest BCUT2D eigenvalue weighted by atomic mass is 32.2. The molecule has 1 heterocycles. The fraction of sp³-hybridized carbons (Fsp3) is 0.176. The van der Waals surface area contributed by atoms with Crippen molar-refractivity contribution in [1.82, 2.24) is 14.8 Å². The molecule has 0 saturated heterocycles. The van der Waals surface area contributed by atoms with Gasteiger partial charge in [-0.2, -0.15) is 5.10 Å². The first-order chi connectivity index (χ1) is 10.7. The maximum absolute atomic E-state index is 5.36. The molecule has 0 spiro atoms. The van der Waals surface area contributed by atoms with E-state index < -0.39 is 0 Å². The average molecular weight is 327 g/mol. The van der Waals surface area contributed by atoms with Gasteiger partial charge in [0.15, 0.2) is 4.77 Å². The zero-order chi connectivity index (χ0) is 15.4. The number of hydrogen-bond acceptors (Lipinski definition) is 3. The van der Waals surface area contributed by atoms with E-state index in [0.29, 0.717) is 4.77 Å². The molecule has 0 fully saturated rings. The summed E-state index contributed by atoms with van der Waals surface area (Å²) < 4.78 is 2.74. The number of benzene rings is 2. The first kappa shape index (κ1) is 15.1. The van der Waals surface area contributed by atoms with Crippen LogP contribution in [0.3, 0.4) is 0 Å². The van der Waals surface area contributed by atoms with Gasteiger partial charge in [0, 0.05) is 4.90 Å². The Morgan fingerprint density at radius 3 is 2.59 bits per heavy atom. The van der Waals surface area contributed by atoms with E-state index in [2.05, 4.69) is 58.1 Å². The summed E-state index contributed by atoms with van der Waals surface area (Å²) in [4.78, 5) is 1.28. The lowest BCUT2D eigenvalue weighted by molar-refractivity contribution is 0.746. The number of nitrogens with one attached hydrogen (secondary N) is 1. The van der Waals surface area contributed by atoms with Gasteiger partial charge in [-0.15, -0.1) is 11.8 Å². The summed E-state index contributed by atoms with van der Waals surface area (Å²) in [7, 11) is 0. The van der Waals surface area contributed by atoms with Crippen LogP contribution in [0.15, 0.2) is 59.5 Å². The smallest absolute Gasteiger partial charge is 0.195 e. The van der Waals surface area contributed by atoms with E-state index in [1.807, 2.05) is 18.2 Å². The molecule has 3 nitrogen and oxygen atoms in total. The minimum absolute atomic E-state index is 0.671. The normalized spacial score (nSPS) is 10.8. The Kier molecular flexibility index (Phi) is 4.75. The quantitative estimate of drug-likeness (QED) is 0.550. The number of nitrogens with zero attached hydrogens (tertiary/aromatic N) is 2. The Bertz CT molecular complexity index is 806. The number of thioether (sulfide) groups is 1. The first-order valence-corrected chi connectivity index (χ1v) is 8.50. The van der Waals surface area contributed by atoms with Crippen molar-refractivity contribution < 1.29 is 0 Å². The van der Waals surface area contributed by atoms with Crippen LogP contribution in [0.1, 0.15) is 17.0 Å². The molecule has 0 aliphatic rings. The van der Waals surface area contributed by atoms with Crippen LogP contribution in [0.4, 0.5) is 0 Å². The van der Waals surface area contributed by atoms with Gasteiger partial charge in [0.2, 0.25) is 0 Å². The molecule has 0 bridgehead atoms. The van der Waals surface area contributed by atoms with E-state index in [4.69, 9.17) is 12.2 Å². The number of hydrogen-bond donors (Lipinski definition) is 1. The molecular weight excluding hydrogens is 310 g/mol. The molecule has 3 aromatic rings. The van der Waals surface area contributed by atoms with Crippen LogP contribution in [0.25, 0.3) is 0 Å². The Labute approximate surface area is 139 Å². The highest BCUT2D eigenvalue weighted by Gasteiger charge is 2.08. The Morgan fingerprint density at radius 1 is 1.09 bits per heavy atom. The summed E-state index contributed by atoms with van der Waals surface area (Å²) in [5.41, 5.74) is 2.51. The van der Waals surface area contributed by atoms with Gasteiger partial charge in [-0.25, -0.2) is 0 Å². The lowest BCUT2D eigenvalue weighted by atomic mass is 10.2. The van der Waals surface area contributed by atoms with Crippen LogP contribution >= 0.6 is 24.0 Å². The van der Waals surface area contributed by atoms with Crippen molar-refractivity contribution in [2.24, 2.45) is 0 Å². The van der Waals surface area contributed by atoms with Crippen molar-refractivity contribution in [3.8, 4) is 0 Å². The third-order valence-corrected chi connectivity index (χ3v) is 4.95. The SMILES string of the molecule is Cc1ccccc1SCc1n[nH]c(=S)n1Cc1ccccc1. The standard InChI is InChI=1S/C17H17N3S2/c1-13-7-5-6-10-15(13)22-12-16-18-19-17(21)20(16)11-14-8-3-2-4-9-14/h2-10H,11-12H2,1H3,(H,19,21). The summed E-state index contributed by atoms with van der Waals surface area (Å²) >= 11 is 7.15. The molecule has 1 aromatic heterocycles. The largest absolute Gasteiger partial charge is 0.299 e. The molecule has 2 aromatic carbocycles. The van der Waals surface area contributed by atoms with Crippen molar-refractivity contribution in [2.45, 2.75) is 24.1 Å². The molecule has 22 heavy (non-hydrogen) atoms. The summed E-state index contributed by atoms with van der Waals surface area (Å²) in [5.74, 6) is 1.77. The molecule has 112 valence electrons. The Hall–Kier alpha value is -1.85. The molecule has 0 unspecified atom stereocenters. The summed E-state index contributed by atoms with van der Waals surface area (Å²) in [6, 6.07) is 18.7. The summed E-state index contributed by atoms with van der Waals surface area (Å²) in [6.07, 6.45) is 0. The first-order valence-electron chi connectivity index (χ1n) is 7.10. The summed E-state index contributed by atoms with van der Waals surface area (Å²) in [5, 5.41) is 7.29. The predicted octanol–water partition coefficient (Wildman–Crippen LogP) is 4.59. The lowest BCUT2D eigenvalue weighted by Gasteiger charge is -2.08. The lowest BCUT2D eigenvalue weighted by Crippen LogP contribution is -2.04. The molecule has 0 saturated carbocycles. The van der Waals surface area contributed by atoms with E-state index >= 15 is 0 Å². The van der Waals surface area contributed by atoms with Crippen LogP contribution in [-0.4, -0.2) is 14.8 Å². The van der Waals surface area contributed by atoms with Gasteiger partial charge in [-0.3, -0.25) is 9.67 Å². The molecular formula is C17H17N3S2. The molecule has 0 aliphatic heterocycles.